The molecule has 32 heavy (non-hydrogen) atoms. The molecule has 4 heteroatoms. The summed E-state index contributed by atoms with van der Waals surface area (Å²) in [5.41, 5.74) is 4.38. The van der Waals surface area contributed by atoms with Gasteiger partial charge in [-0.3, -0.25) is 4.79 Å². The minimum Gasteiger partial charge on any atom is -0.358 e. The number of aryl methyl sites for hydroxylation is 1. The van der Waals surface area contributed by atoms with Crippen molar-refractivity contribution in [1.29, 1.82) is 0 Å². The molecule has 170 valence electrons. The molecule has 0 spiro atoms. The molecule has 2 N–H and O–H groups in total. The molecule has 3 nitrogen and oxygen atoms in total. The Hall–Kier alpha value is -1.95. The van der Waals surface area contributed by atoms with Crippen molar-refractivity contribution in [1.82, 2.24) is 4.98 Å². The molecule has 1 amide bonds. The molecule has 0 atom stereocenters. The molecule has 0 saturated heterocycles. The summed E-state index contributed by atoms with van der Waals surface area (Å²) in [6.45, 7) is 20.1. The third-order valence-corrected chi connectivity index (χ3v) is 4.77. The van der Waals surface area contributed by atoms with E-state index >= 15 is 0 Å². The van der Waals surface area contributed by atoms with E-state index in [1.54, 1.807) is 0 Å². The van der Waals surface area contributed by atoms with Crippen LogP contribution in [0.2, 0.25) is 0 Å². The maximum atomic E-state index is 11.7. The summed E-state index contributed by atoms with van der Waals surface area (Å²) in [7, 11) is 0. The van der Waals surface area contributed by atoms with Crippen molar-refractivity contribution >= 4 is 22.5 Å². The summed E-state index contributed by atoms with van der Waals surface area (Å²) >= 11 is 0. The predicted molar refractivity (Wildman–Crippen MR) is 137 cm³/mol. The fourth-order valence-electron chi connectivity index (χ4n) is 2.50. The number of H-pyrrole nitrogens is 1. The number of amides is 1. The van der Waals surface area contributed by atoms with E-state index in [-0.39, 0.29) is 35.6 Å². The fourth-order valence-corrected chi connectivity index (χ4v) is 2.50. The number of fused-ring (bicyclic) bond motifs is 1. The Labute approximate surface area is 208 Å². The first-order valence-electron chi connectivity index (χ1n) is 11.1. The molecular formula is C28H41LiN2O. The Bertz CT molecular complexity index is 911. The second kappa shape index (κ2) is 13.6. The first-order valence-corrected chi connectivity index (χ1v) is 11.1. The summed E-state index contributed by atoms with van der Waals surface area (Å²) in [6.07, 6.45) is 2.28. The van der Waals surface area contributed by atoms with E-state index in [1.807, 2.05) is 52.0 Å². The molecule has 0 aliphatic heterocycles. The average Bonchev–Trinajstić information content (AvgIpc) is 3.14. The first-order chi connectivity index (χ1) is 14.4. The van der Waals surface area contributed by atoms with Crippen molar-refractivity contribution in [3.05, 3.63) is 72.8 Å². The van der Waals surface area contributed by atoms with Crippen molar-refractivity contribution in [3.8, 4) is 0 Å². The summed E-state index contributed by atoms with van der Waals surface area (Å²) in [6, 6.07) is 18.4. The van der Waals surface area contributed by atoms with E-state index < -0.39 is 0 Å². The van der Waals surface area contributed by atoms with Gasteiger partial charge in [0.05, 0.1) is 0 Å². The maximum Gasteiger partial charge on any atom is 1.00 e. The Balaban J connectivity index is 0.000000503. The zero-order chi connectivity index (χ0) is 23.7. The van der Waals surface area contributed by atoms with Crippen molar-refractivity contribution < 1.29 is 23.7 Å². The number of anilines is 1. The number of carbonyl (C=O) groups excluding carboxylic acids is 1. The van der Waals surface area contributed by atoms with Gasteiger partial charge in [0.15, 0.2) is 0 Å². The van der Waals surface area contributed by atoms with Gasteiger partial charge >= 0.3 is 18.9 Å². The number of hydrogen-bond donors (Lipinski definition) is 2. The quantitative estimate of drug-likeness (QED) is 0.434. The minimum atomic E-state index is -0.345. The first kappa shape index (κ1) is 30.0. The Kier molecular flexibility index (Phi) is 12.7. The number of carbonyl (C=O) groups is 1. The number of benzene rings is 2. The van der Waals surface area contributed by atoms with E-state index in [2.05, 4.69) is 75.3 Å². The van der Waals surface area contributed by atoms with Crippen LogP contribution in [0.5, 0.6) is 0 Å². The predicted octanol–water partition coefficient (Wildman–Crippen LogP) is 5.07. The van der Waals surface area contributed by atoms with Crippen LogP contribution in [0.25, 0.3) is 10.9 Å². The van der Waals surface area contributed by atoms with E-state index in [0.717, 1.165) is 17.7 Å². The van der Waals surface area contributed by atoms with Crippen LogP contribution < -0.4 is 24.2 Å². The zero-order valence-corrected chi connectivity index (χ0v) is 21.7. The van der Waals surface area contributed by atoms with Crippen LogP contribution in [0.1, 0.15) is 72.6 Å². The number of unbranched alkanes of at least 4 members (excludes halogenated alkanes) is 1. The van der Waals surface area contributed by atoms with Gasteiger partial charge in [-0.2, -0.15) is 6.42 Å². The van der Waals surface area contributed by atoms with Crippen LogP contribution in [-0.4, -0.2) is 10.9 Å². The number of aromatic nitrogens is 1. The van der Waals surface area contributed by atoms with Crippen LogP contribution in [-0.2, 0) is 10.2 Å². The molecule has 1 heterocycles. The number of nitrogens with one attached hydrogen (secondary N) is 2. The van der Waals surface area contributed by atoms with E-state index in [4.69, 9.17) is 0 Å². The molecule has 0 radical (unpaired) electrons. The van der Waals surface area contributed by atoms with Gasteiger partial charge in [-0.05, 0) is 36.1 Å². The summed E-state index contributed by atoms with van der Waals surface area (Å²) in [4.78, 5) is 15.1. The molecule has 3 rings (SSSR count). The van der Waals surface area contributed by atoms with Gasteiger partial charge < -0.3 is 17.2 Å². The van der Waals surface area contributed by atoms with E-state index in [1.165, 1.54) is 23.0 Å². The number of rotatable bonds is 2. The van der Waals surface area contributed by atoms with Crippen molar-refractivity contribution in [3.63, 3.8) is 0 Å². The van der Waals surface area contributed by atoms with Gasteiger partial charge in [-0.15, -0.1) is 0 Å². The monoisotopic (exact) mass is 428 g/mol. The van der Waals surface area contributed by atoms with Crippen molar-refractivity contribution in [2.45, 2.75) is 73.6 Å². The Morgan fingerprint density at radius 1 is 0.969 bits per heavy atom. The van der Waals surface area contributed by atoms with Crippen LogP contribution in [0.15, 0.2) is 54.6 Å². The minimum absolute atomic E-state index is 0. The van der Waals surface area contributed by atoms with Gasteiger partial charge in [0, 0.05) is 27.7 Å². The zero-order valence-electron chi connectivity index (χ0n) is 21.7. The second-order valence-corrected chi connectivity index (χ2v) is 9.89. The maximum absolute atomic E-state index is 11.7. The van der Waals surface area contributed by atoms with Crippen LogP contribution in [0, 0.1) is 19.3 Å². The Morgan fingerprint density at radius 3 is 1.97 bits per heavy atom. The number of hydrogen-bond acceptors (Lipinski definition) is 1. The van der Waals surface area contributed by atoms with Gasteiger partial charge in [-0.25, -0.2) is 0 Å². The van der Waals surface area contributed by atoms with Crippen molar-refractivity contribution in [2.24, 2.45) is 5.41 Å². The fraction of sp³-hybridized carbons (Fsp3) is 0.429. The molecule has 0 aliphatic rings. The second-order valence-electron chi connectivity index (χ2n) is 9.89. The molecule has 0 aliphatic carbocycles. The van der Waals surface area contributed by atoms with Crippen LogP contribution in [0.4, 0.5) is 5.69 Å². The molecule has 0 unspecified atom stereocenters. The van der Waals surface area contributed by atoms with Gasteiger partial charge in [0.1, 0.15) is 0 Å². The molecule has 0 bridgehead atoms. The molecule has 1 aromatic heterocycles. The van der Waals surface area contributed by atoms with Gasteiger partial charge in [0.2, 0.25) is 5.91 Å². The molecule has 0 fully saturated rings. The third kappa shape index (κ3) is 10.1. The number of para-hydroxylation sites is 2. The summed E-state index contributed by atoms with van der Waals surface area (Å²) < 4.78 is 0. The SMILES string of the molecule is CC(C)(C)c1cc2ccccc2[nH]1.Cc1ccccc1NC(=O)C(C)(C)C.[CH2-]CCC.[Li+]. The summed E-state index contributed by atoms with van der Waals surface area (Å²) in [5, 5.41) is 4.21. The molecular weight excluding hydrogens is 387 g/mol. The van der Waals surface area contributed by atoms with Gasteiger partial charge in [-0.1, -0.05) is 91.3 Å². The van der Waals surface area contributed by atoms with Crippen molar-refractivity contribution in [2.75, 3.05) is 5.32 Å². The topological polar surface area (TPSA) is 44.9 Å². The molecule has 3 aromatic rings. The molecule has 0 saturated carbocycles. The standard InChI is InChI=1S/C12H17NO.C12H15N.C4H9.Li/c1-9-7-5-6-8-10(9)13-11(14)12(2,3)4;1-12(2,3)11-8-9-6-4-5-7-10(9)13-11;1-3-4-2;/h5-8H,1-4H3,(H,13,14);4-8,13H,1-3H3;1,3-4H2,2H3;/q;;-1;+1. The Morgan fingerprint density at radius 2 is 1.50 bits per heavy atom. The number of aromatic amines is 1. The largest absolute Gasteiger partial charge is 1.00 e. The van der Waals surface area contributed by atoms with Gasteiger partial charge in [0.25, 0.3) is 0 Å². The van der Waals surface area contributed by atoms with E-state index in [0.29, 0.717) is 0 Å². The summed E-state index contributed by atoms with van der Waals surface area (Å²) in [5.74, 6) is 0.0480. The normalized spacial score (nSPS) is 10.8. The third-order valence-electron chi connectivity index (χ3n) is 4.77. The van der Waals surface area contributed by atoms with Crippen LogP contribution >= 0.6 is 0 Å². The smallest absolute Gasteiger partial charge is 0.358 e. The van der Waals surface area contributed by atoms with E-state index in [9.17, 15) is 4.79 Å². The van der Waals surface area contributed by atoms with Crippen LogP contribution in [0.3, 0.4) is 0 Å². The average molecular weight is 429 g/mol. The molecule has 2 aromatic carbocycles.